The van der Waals surface area contributed by atoms with Gasteiger partial charge >= 0.3 is 6.03 Å². The molecular weight excluding hydrogens is 344 g/mol. The molecule has 0 bridgehead atoms. The normalized spacial score (nSPS) is 17.5. The lowest BCUT2D eigenvalue weighted by atomic mass is 10.0. The van der Waals surface area contributed by atoms with Crippen molar-refractivity contribution in [3.63, 3.8) is 0 Å². The molecule has 8 heteroatoms. The summed E-state index contributed by atoms with van der Waals surface area (Å²) >= 11 is 5.86. The molecule has 0 unspecified atom stereocenters. The molecule has 25 heavy (non-hydrogen) atoms. The summed E-state index contributed by atoms with van der Waals surface area (Å²) in [5.41, 5.74) is 0.822. The molecule has 1 aromatic heterocycles. The highest BCUT2D eigenvalue weighted by atomic mass is 35.5. The van der Waals surface area contributed by atoms with Crippen molar-refractivity contribution in [2.75, 3.05) is 19.7 Å². The summed E-state index contributed by atoms with van der Waals surface area (Å²) in [4.78, 5) is 18.3. The van der Waals surface area contributed by atoms with Gasteiger partial charge in [0.15, 0.2) is 0 Å². The van der Waals surface area contributed by atoms with Crippen molar-refractivity contribution in [3.05, 3.63) is 35.2 Å². The van der Waals surface area contributed by atoms with E-state index in [1.807, 2.05) is 12.1 Å². The lowest BCUT2D eigenvalue weighted by molar-refractivity contribution is 0.108. The van der Waals surface area contributed by atoms with Crippen LogP contribution in [0.4, 0.5) is 4.79 Å². The average Bonchev–Trinajstić information content (AvgIpc) is 3.11. The standard InChI is InChI=1S/C17H21ClN4O3/c18-13-6-4-12(5-7-13)16-20-15(25-21-16)8-9-19-17(24)22-10-2-1-3-14(22)11-23/h4-7,14,23H,1-3,8-11H2,(H,19,24)/t14-/m0/s1. The van der Waals surface area contributed by atoms with E-state index in [0.717, 1.165) is 24.8 Å². The lowest BCUT2D eigenvalue weighted by Crippen LogP contribution is -2.50. The van der Waals surface area contributed by atoms with Crippen molar-refractivity contribution < 1.29 is 14.4 Å². The predicted molar refractivity (Wildman–Crippen MR) is 93.3 cm³/mol. The summed E-state index contributed by atoms with van der Waals surface area (Å²) in [5.74, 6) is 0.956. The van der Waals surface area contributed by atoms with Gasteiger partial charge in [-0.15, -0.1) is 0 Å². The Bertz CT molecular complexity index is 704. The van der Waals surface area contributed by atoms with Crippen molar-refractivity contribution >= 4 is 17.6 Å². The minimum Gasteiger partial charge on any atom is -0.394 e. The van der Waals surface area contributed by atoms with Gasteiger partial charge in [-0.25, -0.2) is 4.79 Å². The summed E-state index contributed by atoms with van der Waals surface area (Å²) < 4.78 is 5.22. The zero-order chi connectivity index (χ0) is 17.6. The highest BCUT2D eigenvalue weighted by Crippen LogP contribution is 2.19. The monoisotopic (exact) mass is 364 g/mol. The highest BCUT2D eigenvalue weighted by Gasteiger charge is 2.25. The van der Waals surface area contributed by atoms with E-state index < -0.39 is 0 Å². The fraction of sp³-hybridized carbons (Fsp3) is 0.471. The maximum absolute atomic E-state index is 12.2. The molecule has 1 aliphatic rings. The molecule has 0 saturated carbocycles. The van der Waals surface area contributed by atoms with E-state index >= 15 is 0 Å². The summed E-state index contributed by atoms with van der Waals surface area (Å²) in [7, 11) is 0. The number of aliphatic hydroxyl groups excluding tert-OH is 1. The Hall–Kier alpha value is -2.12. The number of nitrogens with one attached hydrogen (secondary N) is 1. The van der Waals surface area contributed by atoms with E-state index in [4.69, 9.17) is 16.1 Å². The third kappa shape index (κ3) is 4.49. The number of urea groups is 1. The minimum atomic E-state index is -0.156. The maximum Gasteiger partial charge on any atom is 0.317 e. The molecule has 1 atom stereocenters. The largest absolute Gasteiger partial charge is 0.394 e. The maximum atomic E-state index is 12.2. The van der Waals surface area contributed by atoms with E-state index in [2.05, 4.69) is 15.5 Å². The van der Waals surface area contributed by atoms with E-state index in [-0.39, 0.29) is 18.7 Å². The van der Waals surface area contributed by atoms with Gasteiger partial charge in [-0.2, -0.15) is 4.98 Å². The van der Waals surface area contributed by atoms with Crippen molar-refractivity contribution in [1.29, 1.82) is 0 Å². The van der Waals surface area contributed by atoms with Crippen LogP contribution in [0.15, 0.2) is 28.8 Å². The molecular formula is C17H21ClN4O3. The molecule has 1 saturated heterocycles. The molecule has 2 aromatic rings. The van der Waals surface area contributed by atoms with Gasteiger partial charge in [0.05, 0.1) is 12.6 Å². The highest BCUT2D eigenvalue weighted by molar-refractivity contribution is 6.30. The number of benzene rings is 1. The lowest BCUT2D eigenvalue weighted by Gasteiger charge is -2.34. The number of rotatable bonds is 5. The first kappa shape index (κ1) is 17.7. The SMILES string of the molecule is O=C(NCCc1nc(-c2ccc(Cl)cc2)no1)N1CCCC[C@H]1CO. The Balaban J connectivity index is 1.50. The summed E-state index contributed by atoms with van der Waals surface area (Å²) in [5, 5.41) is 16.8. The van der Waals surface area contributed by atoms with Crippen LogP contribution < -0.4 is 5.32 Å². The van der Waals surface area contributed by atoms with E-state index in [9.17, 15) is 9.90 Å². The first-order valence-corrected chi connectivity index (χ1v) is 8.79. The van der Waals surface area contributed by atoms with Gasteiger partial charge in [-0.3, -0.25) is 0 Å². The smallest absolute Gasteiger partial charge is 0.317 e. The molecule has 134 valence electrons. The van der Waals surface area contributed by atoms with Crippen LogP contribution in [-0.2, 0) is 6.42 Å². The third-order valence-corrected chi connectivity index (χ3v) is 4.54. The summed E-state index contributed by atoms with van der Waals surface area (Å²) in [6.45, 7) is 1.08. The van der Waals surface area contributed by atoms with Crippen molar-refractivity contribution in [2.45, 2.75) is 31.7 Å². The number of halogens is 1. The number of amides is 2. The number of piperidine rings is 1. The van der Waals surface area contributed by atoms with Gasteiger partial charge in [0.2, 0.25) is 11.7 Å². The number of hydrogen-bond donors (Lipinski definition) is 2. The molecule has 2 amide bonds. The van der Waals surface area contributed by atoms with Crippen LogP contribution in [0.2, 0.25) is 5.02 Å². The number of hydrogen-bond acceptors (Lipinski definition) is 5. The number of likely N-dealkylation sites (tertiary alicyclic amines) is 1. The van der Waals surface area contributed by atoms with Crippen molar-refractivity contribution in [2.24, 2.45) is 0 Å². The molecule has 0 spiro atoms. The molecule has 2 heterocycles. The van der Waals surface area contributed by atoms with Gasteiger partial charge in [0, 0.05) is 30.1 Å². The zero-order valence-electron chi connectivity index (χ0n) is 13.8. The van der Waals surface area contributed by atoms with Crippen LogP contribution in [0.25, 0.3) is 11.4 Å². The molecule has 7 nitrogen and oxygen atoms in total. The minimum absolute atomic E-state index is 0.00152. The zero-order valence-corrected chi connectivity index (χ0v) is 14.6. The second-order valence-electron chi connectivity index (χ2n) is 6.03. The number of carbonyl (C=O) groups is 1. The molecule has 0 aliphatic carbocycles. The Kier molecular flexibility index (Phi) is 5.88. The molecule has 1 aliphatic heterocycles. The molecule has 3 rings (SSSR count). The van der Waals surface area contributed by atoms with Gasteiger partial charge in [-0.1, -0.05) is 16.8 Å². The van der Waals surface area contributed by atoms with Crippen LogP contribution in [-0.4, -0.2) is 51.9 Å². The Morgan fingerprint density at radius 3 is 2.92 bits per heavy atom. The quantitative estimate of drug-likeness (QED) is 0.850. The van der Waals surface area contributed by atoms with E-state index in [0.29, 0.717) is 36.2 Å². The first-order valence-electron chi connectivity index (χ1n) is 8.41. The first-order chi connectivity index (χ1) is 12.2. The Morgan fingerprint density at radius 2 is 2.16 bits per heavy atom. The average molecular weight is 365 g/mol. The van der Waals surface area contributed by atoms with Crippen LogP contribution >= 0.6 is 11.6 Å². The van der Waals surface area contributed by atoms with Crippen LogP contribution in [0.3, 0.4) is 0 Å². The Morgan fingerprint density at radius 1 is 1.36 bits per heavy atom. The molecule has 1 aromatic carbocycles. The fourth-order valence-electron chi connectivity index (χ4n) is 2.91. The summed E-state index contributed by atoms with van der Waals surface area (Å²) in [6.07, 6.45) is 3.31. The topological polar surface area (TPSA) is 91.5 Å². The number of aliphatic hydroxyl groups is 1. The van der Waals surface area contributed by atoms with Crippen LogP contribution in [0, 0.1) is 0 Å². The van der Waals surface area contributed by atoms with E-state index in [1.165, 1.54) is 0 Å². The number of nitrogens with zero attached hydrogens (tertiary/aromatic N) is 3. The molecule has 2 N–H and O–H groups in total. The number of carbonyl (C=O) groups excluding carboxylic acids is 1. The van der Waals surface area contributed by atoms with Gasteiger partial charge in [-0.05, 0) is 43.5 Å². The third-order valence-electron chi connectivity index (χ3n) is 4.28. The predicted octanol–water partition coefficient (Wildman–Crippen LogP) is 2.49. The van der Waals surface area contributed by atoms with E-state index in [1.54, 1.807) is 17.0 Å². The number of aromatic nitrogens is 2. The second-order valence-corrected chi connectivity index (χ2v) is 6.46. The fourth-order valence-corrected chi connectivity index (χ4v) is 3.03. The van der Waals surface area contributed by atoms with Crippen molar-refractivity contribution in [1.82, 2.24) is 20.4 Å². The molecule has 0 radical (unpaired) electrons. The molecule has 1 fully saturated rings. The van der Waals surface area contributed by atoms with Gasteiger partial charge < -0.3 is 19.8 Å². The Labute approximate surface area is 151 Å². The van der Waals surface area contributed by atoms with Gasteiger partial charge in [0.1, 0.15) is 0 Å². The van der Waals surface area contributed by atoms with Crippen LogP contribution in [0.1, 0.15) is 25.2 Å². The summed E-state index contributed by atoms with van der Waals surface area (Å²) in [6, 6.07) is 6.94. The second kappa shape index (κ2) is 8.31. The van der Waals surface area contributed by atoms with Crippen molar-refractivity contribution in [3.8, 4) is 11.4 Å². The van der Waals surface area contributed by atoms with Gasteiger partial charge in [0.25, 0.3) is 0 Å². The van der Waals surface area contributed by atoms with Crippen LogP contribution in [0.5, 0.6) is 0 Å².